The molecule has 0 saturated heterocycles. The molecule has 0 saturated carbocycles. The number of benzene rings is 1. The predicted octanol–water partition coefficient (Wildman–Crippen LogP) is 4.04. The van der Waals surface area contributed by atoms with E-state index < -0.39 is 6.10 Å². The predicted molar refractivity (Wildman–Crippen MR) is 114 cm³/mol. The first-order chi connectivity index (χ1) is 14.6. The molecule has 4 rings (SSSR count). The van der Waals surface area contributed by atoms with Gasteiger partial charge in [-0.05, 0) is 19.1 Å². The van der Waals surface area contributed by atoms with E-state index in [1.807, 2.05) is 42.0 Å². The van der Waals surface area contributed by atoms with Gasteiger partial charge in [-0.15, -0.1) is 0 Å². The summed E-state index contributed by atoms with van der Waals surface area (Å²) in [5.74, 6) is 0.623. The van der Waals surface area contributed by atoms with Crippen LogP contribution in [0.25, 0.3) is 16.6 Å². The highest BCUT2D eigenvalue weighted by Gasteiger charge is 2.17. The number of halogens is 1. The molecular weight excluding hydrogens is 404 g/mol. The van der Waals surface area contributed by atoms with Gasteiger partial charge >= 0.3 is 0 Å². The Bertz CT molecular complexity index is 1160. The van der Waals surface area contributed by atoms with Crippen molar-refractivity contribution in [2.24, 2.45) is 0 Å². The lowest BCUT2D eigenvalue weighted by Gasteiger charge is -2.17. The van der Waals surface area contributed by atoms with Crippen LogP contribution in [0, 0.1) is 6.92 Å². The molecule has 4 aromatic rings. The second-order valence-electron chi connectivity index (χ2n) is 6.85. The van der Waals surface area contributed by atoms with Crippen molar-refractivity contribution in [3.8, 4) is 11.4 Å². The highest BCUT2D eigenvalue weighted by Crippen LogP contribution is 2.31. The second kappa shape index (κ2) is 8.79. The first-order valence-corrected chi connectivity index (χ1v) is 9.77. The normalized spacial score (nSPS) is 12.3. The molecule has 3 aromatic heterocycles. The van der Waals surface area contributed by atoms with E-state index in [4.69, 9.17) is 26.1 Å². The van der Waals surface area contributed by atoms with E-state index in [1.54, 1.807) is 18.7 Å². The van der Waals surface area contributed by atoms with Gasteiger partial charge in [0.1, 0.15) is 24.0 Å². The average Bonchev–Trinajstić information content (AvgIpc) is 3.27. The van der Waals surface area contributed by atoms with Crippen LogP contribution in [0.5, 0.6) is 5.75 Å². The number of aromatic nitrogens is 4. The number of ether oxygens (including phenoxy) is 2. The minimum atomic E-state index is -0.847. The van der Waals surface area contributed by atoms with Crippen LogP contribution in [0.1, 0.15) is 22.9 Å². The number of aliphatic hydroxyl groups excluding tert-OH is 1. The average molecular weight is 425 g/mol. The number of fused-ring (bicyclic) bond motifs is 1. The van der Waals surface area contributed by atoms with Gasteiger partial charge in [-0.3, -0.25) is 4.98 Å². The molecule has 0 spiro atoms. The van der Waals surface area contributed by atoms with Gasteiger partial charge in [0.15, 0.2) is 0 Å². The molecule has 3 heterocycles. The lowest BCUT2D eigenvalue weighted by molar-refractivity contribution is 0.0630. The Hall–Kier alpha value is -3.00. The fraction of sp³-hybridized carbons (Fsp3) is 0.227. The molecule has 7 nitrogen and oxygen atoms in total. The van der Waals surface area contributed by atoms with E-state index in [0.29, 0.717) is 21.9 Å². The number of nitrogens with zero attached hydrogens (tertiary/aromatic N) is 4. The zero-order valence-electron chi connectivity index (χ0n) is 16.6. The van der Waals surface area contributed by atoms with Crippen LogP contribution in [0.4, 0.5) is 0 Å². The van der Waals surface area contributed by atoms with Crippen molar-refractivity contribution in [3.63, 3.8) is 0 Å². The summed E-state index contributed by atoms with van der Waals surface area (Å²) in [6, 6.07) is 7.79. The minimum absolute atomic E-state index is 0.137. The maximum atomic E-state index is 10.4. The van der Waals surface area contributed by atoms with Crippen LogP contribution in [-0.2, 0) is 11.3 Å². The SMILES string of the molecule is COCC(O)c1cncc(Cl)c1COc1cccc2c(-n3ccnc3)cc(C)nc12. The molecule has 1 N–H and O–H groups in total. The number of imidazole rings is 1. The fourth-order valence-electron chi connectivity index (χ4n) is 3.37. The summed E-state index contributed by atoms with van der Waals surface area (Å²) in [6.45, 7) is 2.24. The summed E-state index contributed by atoms with van der Waals surface area (Å²) in [7, 11) is 1.53. The van der Waals surface area contributed by atoms with Gasteiger partial charge in [-0.1, -0.05) is 23.7 Å². The maximum Gasteiger partial charge on any atom is 0.146 e. The third-order valence-corrected chi connectivity index (χ3v) is 5.11. The number of aryl methyl sites for hydroxylation is 1. The van der Waals surface area contributed by atoms with Crippen molar-refractivity contribution in [3.05, 3.63) is 77.2 Å². The summed E-state index contributed by atoms with van der Waals surface area (Å²) in [4.78, 5) is 12.9. The Morgan fingerprint density at radius 2 is 2.10 bits per heavy atom. The van der Waals surface area contributed by atoms with Gasteiger partial charge in [-0.2, -0.15) is 0 Å². The molecule has 0 radical (unpaired) electrons. The van der Waals surface area contributed by atoms with Gasteiger partial charge in [-0.25, -0.2) is 9.97 Å². The van der Waals surface area contributed by atoms with E-state index >= 15 is 0 Å². The van der Waals surface area contributed by atoms with Crippen molar-refractivity contribution in [1.29, 1.82) is 0 Å². The van der Waals surface area contributed by atoms with Crippen molar-refractivity contribution < 1.29 is 14.6 Å². The first kappa shape index (κ1) is 20.3. The molecule has 0 amide bonds. The number of hydrogen-bond acceptors (Lipinski definition) is 6. The van der Waals surface area contributed by atoms with E-state index in [9.17, 15) is 5.11 Å². The third-order valence-electron chi connectivity index (χ3n) is 4.79. The second-order valence-corrected chi connectivity index (χ2v) is 7.26. The summed E-state index contributed by atoms with van der Waals surface area (Å²) in [6.07, 6.45) is 7.65. The number of hydrogen-bond donors (Lipinski definition) is 1. The molecular formula is C22H21ClN4O3. The molecule has 0 aliphatic carbocycles. The minimum Gasteiger partial charge on any atom is -0.487 e. The lowest BCUT2D eigenvalue weighted by atomic mass is 10.1. The Morgan fingerprint density at radius 3 is 2.87 bits per heavy atom. The maximum absolute atomic E-state index is 10.4. The van der Waals surface area contributed by atoms with Crippen LogP contribution < -0.4 is 4.74 Å². The molecule has 30 heavy (non-hydrogen) atoms. The lowest BCUT2D eigenvalue weighted by Crippen LogP contribution is -2.11. The molecule has 1 unspecified atom stereocenters. The number of pyridine rings is 2. The first-order valence-electron chi connectivity index (χ1n) is 9.39. The molecule has 154 valence electrons. The molecule has 0 bridgehead atoms. The van der Waals surface area contributed by atoms with Crippen molar-refractivity contribution in [2.75, 3.05) is 13.7 Å². The number of para-hydroxylation sites is 1. The topological polar surface area (TPSA) is 82.3 Å². The molecule has 0 aliphatic rings. The van der Waals surface area contributed by atoms with Crippen molar-refractivity contribution in [1.82, 2.24) is 19.5 Å². The zero-order chi connectivity index (χ0) is 21.1. The highest BCUT2D eigenvalue weighted by molar-refractivity contribution is 6.31. The number of aliphatic hydroxyl groups is 1. The molecule has 1 atom stereocenters. The van der Waals surface area contributed by atoms with Crippen LogP contribution in [-0.4, -0.2) is 38.3 Å². The molecule has 0 aliphatic heterocycles. The van der Waals surface area contributed by atoms with Gasteiger partial charge in [0.25, 0.3) is 0 Å². The monoisotopic (exact) mass is 424 g/mol. The Labute approximate surface area is 178 Å². The summed E-state index contributed by atoms with van der Waals surface area (Å²) < 4.78 is 13.1. The Morgan fingerprint density at radius 1 is 1.23 bits per heavy atom. The van der Waals surface area contributed by atoms with Crippen LogP contribution in [0.3, 0.4) is 0 Å². The van der Waals surface area contributed by atoms with Crippen LogP contribution >= 0.6 is 11.6 Å². The number of rotatable bonds is 7. The van der Waals surface area contributed by atoms with Crippen LogP contribution in [0.2, 0.25) is 5.02 Å². The Kier molecular flexibility index (Phi) is 5.94. The van der Waals surface area contributed by atoms with Gasteiger partial charge in [0.05, 0.1) is 23.6 Å². The molecule has 1 aromatic carbocycles. The number of methoxy groups -OCH3 is 1. The highest BCUT2D eigenvalue weighted by atomic mass is 35.5. The molecule has 0 fully saturated rings. The van der Waals surface area contributed by atoms with Gasteiger partial charge in [0.2, 0.25) is 0 Å². The zero-order valence-corrected chi connectivity index (χ0v) is 17.4. The fourth-order valence-corrected chi connectivity index (χ4v) is 3.59. The summed E-state index contributed by atoms with van der Waals surface area (Å²) in [5.41, 5.74) is 3.81. The van der Waals surface area contributed by atoms with Gasteiger partial charge < -0.3 is 19.1 Å². The van der Waals surface area contributed by atoms with Crippen molar-refractivity contribution >= 4 is 22.5 Å². The standard InChI is InChI=1S/C22H21ClN4O3/c1-14-8-19(27-7-6-24-13-27)15-4-3-5-21(22(15)26-14)30-11-17-16(20(28)12-29-2)9-25-10-18(17)23/h3-10,13,20,28H,11-12H2,1-2H3. The van der Waals surface area contributed by atoms with E-state index in [2.05, 4.69) is 9.97 Å². The quantitative estimate of drug-likeness (QED) is 0.482. The van der Waals surface area contributed by atoms with Gasteiger partial charge in [0, 0.05) is 54.1 Å². The smallest absolute Gasteiger partial charge is 0.146 e. The third kappa shape index (κ3) is 4.00. The molecule has 8 heteroatoms. The summed E-state index contributed by atoms with van der Waals surface area (Å²) >= 11 is 6.36. The van der Waals surface area contributed by atoms with E-state index in [1.165, 1.54) is 13.3 Å². The Balaban J connectivity index is 1.71. The largest absolute Gasteiger partial charge is 0.487 e. The van der Waals surface area contributed by atoms with Crippen molar-refractivity contribution in [2.45, 2.75) is 19.6 Å². The van der Waals surface area contributed by atoms with E-state index in [0.717, 1.165) is 22.3 Å². The summed E-state index contributed by atoms with van der Waals surface area (Å²) in [5, 5.41) is 11.7. The van der Waals surface area contributed by atoms with E-state index in [-0.39, 0.29) is 13.2 Å². The van der Waals surface area contributed by atoms with Crippen LogP contribution in [0.15, 0.2) is 55.4 Å².